The van der Waals surface area contributed by atoms with E-state index >= 15 is 0 Å². The Morgan fingerprint density at radius 2 is 2.21 bits per heavy atom. The summed E-state index contributed by atoms with van der Waals surface area (Å²) in [6, 6.07) is 0.00332. The maximum Gasteiger partial charge on any atom is 0.342 e. The van der Waals surface area contributed by atoms with Crippen molar-refractivity contribution in [3.8, 4) is 0 Å². The van der Waals surface area contributed by atoms with Gasteiger partial charge in [-0.05, 0) is 26.7 Å². The van der Waals surface area contributed by atoms with Crippen LogP contribution in [0.5, 0.6) is 0 Å². The first-order chi connectivity index (χ1) is 8.93. The van der Waals surface area contributed by atoms with Crippen LogP contribution in [0.4, 0.5) is 5.69 Å². The van der Waals surface area contributed by atoms with Gasteiger partial charge in [-0.15, -0.1) is 0 Å². The number of ether oxygens (including phenoxy) is 1. The van der Waals surface area contributed by atoms with Crippen LogP contribution in [0.2, 0.25) is 0 Å². The van der Waals surface area contributed by atoms with Crippen LogP contribution >= 0.6 is 0 Å². The average Bonchev–Trinajstić information content (AvgIpc) is 3.02. The standard InChI is InChI=1S/C11H17N3O4S/c1-3-18-11(15)10-7(2)12-6-9(10)14-19(16,17)13-8-4-5-8/h6,8,12-14H,3-5H2,1-2H3. The van der Waals surface area contributed by atoms with E-state index in [1.807, 2.05) is 0 Å². The second-order valence-electron chi connectivity index (χ2n) is 4.42. The molecule has 0 spiro atoms. The molecule has 1 heterocycles. The first-order valence-electron chi connectivity index (χ1n) is 6.08. The van der Waals surface area contributed by atoms with Crippen LogP contribution in [-0.2, 0) is 14.9 Å². The van der Waals surface area contributed by atoms with Gasteiger partial charge in [0, 0.05) is 17.9 Å². The van der Waals surface area contributed by atoms with Crippen molar-refractivity contribution in [3.63, 3.8) is 0 Å². The molecule has 0 aliphatic heterocycles. The fraction of sp³-hybridized carbons (Fsp3) is 0.545. The Hall–Kier alpha value is -1.54. The summed E-state index contributed by atoms with van der Waals surface area (Å²) in [4.78, 5) is 14.6. The summed E-state index contributed by atoms with van der Waals surface area (Å²) < 4.78 is 33.3. The van der Waals surface area contributed by atoms with Crippen molar-refractivity contribution in [3.05, 3.63) is 17.5 Å². The van der Waals surface area contributed by atoms with Crippen LogP contribution < -0.4 is 9.44 Å². The fourth-order valence-electron chi connectivity index (χ4n) is 1.67. The number of carbonyl (C=O) groups excluding carboxylic acids is 1. The Morgan fingerprint density at radius 1 is 1.53 bits per heavy atom. The van der Waals surface area contributed by atoms with Gasteiger partial charge in [-0.2, -0.15) is 13.1 Å². The Balaban J connectivity index is 2.18. The van der Waals surface area contributed by atoms with Crippen LogP contribution in [0.25, 0.3) is 0 Å². The van der Waals surface area contributed by atoms with E-state index in [-0.39, 0.29) is 23.9 Å². The molecule has 0 unspecified atom stereocenters. The number of anilines is 1. The molecule has 1 aliphatic carbocycles. The minimum absolute atomic E-state index is 0.00332. The van der Waals surface area contributed by atoms with Gasteiger partial charge in [0.25, 0.3) is 10.2 Å². The first-order valence-corrected chi connectivity index (χ1v) is 7.56. The summed E-state index contributed by atoms with van der Waals surface area (Å²) in [5.41, 5.74) is 0.967. The van der Waals surface area contributed by atoms with E-state index in [9.17, 15) is 13.2 Å². The van der Waals surface area contributed by atoms with Crippen LogP contribution in [-0.4, -0.2) is 32.0 Å². The molecular weight excluding hydrogens is 270 g/mol. The first kappa shape index (κ1) is 13.9. The predicted molar refractivity (Wildman–Crippen MR) is 70.2 cm³/mol. The topological polar surface area (TPSA) is 100 Å². The van der Waals surface area contributed by atoms with E-state index in [1.54, 1.807) is 13.8 Å². The monoisotopic (exact) mass is 287 g/mol. The lowest BCUT2D eigenvalue weighted by Gasteiger charge is -2.09. The quantitative estimate of drug-likeness (QED) is 0.677. The minimum atomic E-state index is -3.66. The maximum atomic E-state index is 11.8. The third kappa shape index (κ3) is 3.48. The highest BCUT2D eigenvalue weighted by Gasteiger charge is 2.28. The van der Waals surface area contributed by atoms with Crippen molar-refractivity contribution in [1.29, 1.82) is 0 Å². The number of H-pyrrole nitrogens is 1. The molecule has 0 aromatic carbocycles. The SMILES string of the molecule is CCOC(=O)c1c(NS(=O)(=O)NC2CC2)c[nH]c1C. The average molecular weight is 287 g/mol. The van der Waals surface area contributed by atoms with Gasteiger partial charge in [0.2, 0.25) is 0 Å². The van der Waals surface area contributed by atoms with Gasteiger partial charge in [-0.3, -0.25) is 4.72 Å². The van der Waals surface area contributed by atoms with Crippen molar-refractivity contribution in [2.45, 2.75) is 32.7 Å². The van der Waals surface area contributed by atoms with Gasteiger partial charge in [-0.1, -0.05) is 0 Å². The second-order valence-corrected chi connectivity index (χ2v) is 5.87. The van der Waals surface area contributed by atoms with E-state index < -0.39 is 16.2 Å². The Bertz CT molecular complexity index is 575. The molecule has 8 heteroatoms. The zero-order valence-electron chi connectivity index (χ0n) is 10.8. The summed E-state index contributed by atoms with van der Waals surface area (Å²) >= 11 is 0. The number of hydrogen-bond acceptors (Lipinski definition) is 4. The zero-order chi connectivity index (χ0) is 14.0. The minimum Gasteiger partial charge on any atom is -0.462 e. The molecule has 3 N–H and O–H groups in total. The van der Waals surface area contributed by atoms with Crippen LogP contribution in [0.1, 0.15) is 35.8 Å². The van der Waals surface area contributed by atoms with Gasteiger partial charge >= 0.3 is 5.97 Å². The van der Waals surface area contributed by atoms with Crippen LogP contribution in [0.15, 0.2) is 6.20 Å². The molecule has 0 bridgehead atoms. The van der Waals surface area contributed by atoms with E-state index in [1.165, 1.54) is 6.20 Å². The zero-order valence-corrected chi connectivity index (χ0v) is 11.6. The van der Waals surface area contributed by atoms with Crippen LogP contribution in [0, 0.1) is 6.92 Å². The molecule has 1 saturated carbocycles. The molecule has 1 aromatic heterocycles. The summed E-state index contributed by atoms with van der Waals surface area (Å²) in [5.74, 6) is -0.551. The molecule has 0 saturated heterocycles. The summed E-state index contributed by atoms with van der Waals surface area (Å²) in [7, 11) is -3.66. The molecule has 7 nitrogen and oxygen atoms in total. The Kier molecular flexibility index (Phi) is 3.81. The number of aromatic nitrogens is 1. The fourth-order valence-corrected chi connectivity index (χ4v) is 2.85. The highest BCUT2D eigenvalue weighted by molar-refractivity contribution is 7.90. The molecule has 1 aromatic rings. The van der Waals surface area contributed by atoms with Crippen molar-refractivity contribution < 1.29 is 17.9 Å². The number of hydrogen-bond donors (Lipinski definition) is 3. The van der Waals surface area contributed by atoms with Gasteiger partial charge in [-0.25, -0.2) is 4.79 Å². The molecule has 1 aliphatic rings. The largest absolute Gasteiger partial charge is 0.462 e. The van der Waals surface area contributed by atoms with E-state index in [4.69, 9.17) is 4.74 Å². The maximum absolute atomic E-state index is 11.8. The molecule has 2 rings (SSSR count). The van der Waals surface area contributed by atoms with Crippen molar-refractivity contribution in [1.82, 2.24) is 9.71 Å². The van der Waals surface area contributed by atoms with Crippen molar-refractivity contribution in [2.24, 2.45) is 0 Å². The number of esters is 1. The van der Waals surface area contributed by atoms with Gasteiger partial charge < -0.3 is 9.72 Å². The number of nitrogens with one attached hydrogen (secondary N) is 3. The van der Waals surface area contributed by atoms with Gasteiger partial charge in [0.1, 0.15) is 5.56 Å². The number of aryl methyl sites for hydroxylation is 1. The third-order valence-corrected chi connectivity index (χ3v) is 3.83. The normalized spacial score (nSPS) is 15.3. The molecule has 1 fully saturated rings. The number of carbonyl (C=O) groups is 1. The van der Waals surface area contributed by atoms with Gasteiger partial charge in [0.15, 0.2) is 0 Å². The lowest BCUT2D eigenvalue weighted by atomic mass is 10.2. The summed E-state index contributed by atoms with van der Waals surface area (Å²) in [5, 5.41) is 0. The number of rotatable bonds is 6. The van der Waals surface area contributed by atoms with Crippen molar-refractivity contribution >= 4 is 21.9 Å². The Morgan fingerprint density at radius 3 is 2.79 bits per heavy atom. The van der Waals surface area contributed by atoms with Crippen molar-refractivity contribution in [2.75, 3.05) is 11.3 Å². The van der Waals surface area contributed by atoms with E-state index in [2.05, 4.69) is 14.4 Å². The number of aromatic amines is 1. The molecular formula is C11H17N3O4S. The van der Waals surface area contributed by atoms with E-state index in [0.717, 1.165) is 12.8 Å². The highest BCUT2D eigenvalue weighted by atomic mass is 32.2. The van der Waals surface area contributed by atoms with E-state index in [0.29, 0.717) is 5.69 Å². The second kappa shape index (κ2) is 5.22. The highest BCUT2D eigenvalue weighted by Crippen LogP contribution is 2.23. The van der Waals surface area contributed by atoms with Crippen LogP contribution in [0.3, 0.4) is 0 Å². The summed E-state index contributed by atoms with van der Waals surface area (Å²) in [6.45, 7) is 3.60. The molecule has 106 valence electrons. The summed E-state index contributed by atoms with van der Waals surface area (Å²) in [6.07, 6.45) is 3.13. The molecule has 0 radical (unpaired) electrons. The molecule has 19 heavy (non-hydrogen) atoms. The molecule has 0 atom stereocenters. The molecule has 0 amide bonds. The Labute approximate surface area is 111 Å². The van der Waals surface area contributed by atoms with Gasteiger partial charge in [0.05, 0.1) is 12.3 Å². The predicted octanol–water partition coefficient (Wildman–Crippen LogP) is 0.909. The smallest absolute Gasteiger partial charge is 0.342 e. The lowest BCUT2D eigenvalue weighted by Crippen LogP contribution is -2.32. The lowest BCUT2D eigenvalue weighted by molar-refractivity contribution is 0.0527. The third-order valence-electron chi connectivity index (χ3n) is 2.70.